The summed E-state index contributed by atoms with van der Waals surface area (Å²) >= 11 is 1.77. The molecule has 4 rings (SSSR count). The second-order valence-corrected chi connectivity index (χ2v) is 7.45. The molecule has 1 saturated heterocycles. The van der Waals surface area contributed by atoms with E-state index in [1.165, 1.54) is 4.88 Å². The minimum Gasteiger partial charge on any atom is -0.480 e. The Morgan fingerprint density at radius 3 is 2.68 bits per heavy atom. The molecule has 2 aromatic heterocycles. The summed E-state index contributed by atoms with van der Waals surface area (Å²) in [5.74, 6) is -0.781. The number of carbonyl (C=O) groups is 1. The van der Waals surface area contributed by atoms with Crippen LogP contribution >= 0.6 is 11.3 Å². The third kappa shape index (κ3) is 3.33. The van der Waals surface area contributed by atoms with Crippen molar-refractivity contribution in [1.82, 2.24) is 14.8 Å². The number of piperazine rings is 1. The number of hydrogen-bond acceptors (Lipinski definition) is 4. The molecule has 25 heavy (non-hydrogen) atoms. The lowest BCUT2D eigenvalue weighted by atomic mass is 10.0. The Balaban J connectivity index is 1.50. The van der Waals surface area contributed by atoms with Crippen molar-refractivity contribution in [1.29, 1.82) is 0 Å². The van der Waals surface area contributed by atoms with Crippen LogP contribution in [0.15, 0.2) is 48.0 Å². The van der Waals surface area contributed by atoms with E-state index in [4.69, 9.17) is 0 Å². The third-order valence-corrected chi connectivity index (χ3v) is 5.74. The smallest absolute Gasteiger partial charge is 0.325 e. The number of H-pyrrole nitrogens is 1. The van der Waals surface area contributed by atoms with Gasteiger partial charge in [0, 0.05) is 60.3 Å². The Bertz CT molecular complexity index is 851. The molecule has 2 N–H and O–H groups in total. The minimum atomic E-state index is -0.781. The number of nitrogens with zero attached hydrogens (tertiary/aromatic N) is 2. The lowest BCUT2D eigenvalue weighted by Gasteiger charge is -2.37. The monoisotopic (exact) mass is 355 g/mol. The molecule has 0 bridgehead atoms. The number of carboxylic acids is 1. The number of aliphatic carboxylic acids is 1. The molecule has 130 valence electrons. The van der Waals surface area contributed by atoms with E-state index >= 15 is 0 Å². The molecule has 1 aliphatic heterocycles. The van der Waals surface area contributed by atoms with Crippen molar-refractivity contribution in [2.24, 2.45) is 0 Å². The maximum Gasteiger partial charge on any atom is 0.325 e. The molecule has 0 amide bonds. The number of thiophene rings is 1. The molecule has 0 unspecified atom stereocenters. The molecule has 1 aliphatic rings. The molecule has 5 nitrogen and oxygen atoms in total. The van der Waals surface area contributed by atoms with Crippen LogP contribution in [0.4, 0.5) is 0 Å². The summed E-state index contributed by atoms with van der Waals surface area (Å²) in [4.78, 5) is 21.1. The van der Waals surface area contributed by atoms with Crippen LogP contribution in [0, 0.1) is 0 Å². The van der Waals surface area contributed by atoms with E-state index in [0.29, 0.717) is 0 Å². The zero-order valence-corrected chi connectivity index (χ0v) is 14.7. The van der Waals surface area contributed by atoms with Gasteiger partial charge in [0.1, 0.15) is 6.04 Å². The molecule has 1 atom stereocenters. The van der Waals surface area contributed by atoms with Gasteiger partial charge in [-0.2, -0.15) is 0 Å². The van der Waals surface area contributed by atoms with E-state index in [0.717, 1.165) is 49.2 Å². The fraction of sp³-hybridized carbons (Fsp3) is 0.316. The molecule has 0 radical (unpaired) electrons. The molecule has 3 aromatic rings. The van der Waals surface area contributed by atoms with Crippen LogP contribution in [0.2, 0.25) is 0 Å². The van der Waals surface area contributed by atoms with Crippen molar-refractivity contribution in [3.63, 3.8) is 0 Å². The quantitative estimate of drug-likeness (QED) is 0.738. The van der Waals surface area contributed by atoms with Gasteiger partial charge >= 0.3 is 5.97 Å². The first kappa shape index (κ1) is 16.3. The predicted octanol–water partition coefficient (Wildman–Crippen LogP) is 3.17. The Labute approximate surface area is 150 Å². The van der Waals surface area contributed by atoms with Gasteiger partial charge in [0.15, 0.2) is 0 Å². The van der Waals surface area contributed by atoms with Gasteiger partial charge < -0.3 is 10.1 Å². The van der Waals surface area contributed by atoms with E-state index in [-0.39, 0.29) is 0 Å². The molecule has 1 fully saturated rings. The maximum absolute atomic E-state index is 12.0. The van der Waals surface area contributed by atoms with Crippen LogP contribution in [-0.4, -0.2) is 52.0 Å². The first-order chi connectivity index (χ1) is 12.2. The Morgan fingerprint density at radius 1 is 1.16 bits per heavy atom. The second kappa shape index (κ2) is 7.00. The highest BCUT2D eigenvalue weighted by Gasteiger charge is 2.32. The topological polar surface area (TPSA) is 59.6 Å². The SMILES string of the molecule is O=C(O)[C@@H](c1c[nH]c2ccccc12)N1CCN(Cc2cccs2)CC1. The largest absolute Gasteiger partial charge is 0.480 e. The Hall–Kier alpha value is -2.15. The fourth-order valence-electron chi connectivity index (χ4n) is 3.61. The number of para-hydroxylation sites is 1. The van der Waals surface area contributed by atoms with Gasteiger partial charge in [0.2, 0.25) is 0 Å². The van der Waals surface area contributed by atoms with Gasteiger partial charge in [-0.05, 0) is 17.5 Å². The highest BCUT2D eigenvalue weighted by Crippen LogP contribution is 2.29. The summed E-state index contributed by atoms with van der Waals surface area (Å²) in [5, 5.41) is 13.0. The number of carboxylic acid groups (broad SMARTS) is 1. The Morgan fingerprint density at radius 2 is 1.96 bits per heavy atom. The second-order valence-electron chi connectivity index (χ2n) is 6.42. The summed E-state index contributed by atoms with van der Waals surface area (Å²) in [5.41, 5.74) is 1.84. The molecule has 3 heterocycles. The zero-order valence-electron chi connectivity index (χ0n) is 13.9. The van der Waals surface area contributed by atoms with Gasteiger partial charge in [-0.15, -0.1) is 11.3 Å². The van der Waals surface area contributed by atoms with Crippen LogP contribution in [0.1, 0.15) is 16.5 Å². The average molecular weight is 355 g/mol. The maximum atomic E-state index is 12.0. The van der Waals surface area contributed by atoms with Crippen molar-refractivity contribution >= 4 is 28.2 Å². The van der Waals surface area contributed by atoms with E-state index in [2.05, 4.69) is 32.3 Å². The molecular weight excluding hydrogens is 334 g/mol. The Kier molecular flexibility index (Phi) is 4.57. The van der Waals surface area contributed by atoms with Crippen molar-refractivity contribution in [2.75, 3.05) is 26.2 Å². The molecule has 0 saturated carbocycles. The molecule has 0 spiro atoms. The summed E-state index contributed by atoms with van der Waals surface area (Å²) in [6, 6.07) is 11.5. The van der Waals surface area contributed by atoms with E-state index in [9.17, 15) is 9.90 Å². The van der Waals surface area contributed by atoms with Crippen LogP contribution in [0.5, 0.6) is 0 Å². The van der Waals surface area contributed by atoms with Crippen molar-refractivity contribution in [3.8, 4) is 0 Å². The lowest BCUT2D eigenvalue weighted by molar-refractivity contribution is -0.144. The van der Waals surface area contributed by atoms with Gasteiger partial charge in [0.25, 0.3) is 0 Å². The average Bonchev–Trinajstić information content (AvgIpc) is 3.27. The van der Waals surface area contributed by atoms with Crippen molar-refractivity contribution in [2.45, 2.75) is 12.6 Å². The lowest BCUT2D eigenvalue weighted by Crippen LogP contribution is -2.48. The number of rotatable bonds is 5. The highest BCUT2D eigenvalue weighted by molar-refractivity contribution is 7.09. The van der Waals surface area contributed by atoms with E-state index in [1.54, 1.807) is 11.3 Å². The zero-order chi connectivity index (χ0) is 17.2. The van der Waals surface area contributed by atoms with E-state index in [1.807, 2.05) is 30.5 Å². The van der Waals surface area contributed by atoms with Crippen molar-refractivity contribution < 1.29 is 9.90 Å². The molecule has 0 aliphatic carbocycles. The molecular formula is C19H21N3O2S. The summed E-state index contributed by atoms with van der Waals surface area (Å²) in [6.07, 6.45) is 1.85. The van der Waals surface area contributed by atoms with Crippen LogP contribution in [-0.2, 0) is 11.3 Å². The standard InChI is InChI=1S/C19H21N3O2S/c23-19(24)18(16-12-20-17-6-2-1-5-15(16)17)22-9-7-21(8-10-22)13-14-4-3-11-25-14/h1-6,11-12,18,20H,7-10,13H2,(H,23,24)/t18-/m1/s1. The van der Waals surface area contributed by atoms with Crippen molar-refractivity contribution in [3.05, 3.63) is 58.4 Å². The number of aromatic nitrogens is 1. The van der Waals surface area contributed by atoms with E-state index < -0.39 is 12.0 Å². The van der Waals surface area contributed by atoms with Gasteiger partial charge in [-0.25, -0.2) is 0 Å². The predicted molar refractivity (Wildman–Crippen MR) is 99.8 cm³/mol. The number of hydrogen-bond donors (Lipinski definition) is 2. The van der Waals surface area contributed by atoms with Crippen LogP contribution < -0.4 is 0 Å². The summed E-state index contributed by atoms with van der Waals surface area (Å²) in [7, 11) is 0. The molecule has 6 heteroatoms. The number of fused-ring (bicyclic) bond motifs is 1. The van der Waals surface area contributed by atoms with Gasteiger partial charge in [-0.3, -0.25) is 14.6 Å². The number of nitrogens with one attached hydrogen (secondary N) is 1. The number of aromatic amines is 1. The van der Waals surface area contributed by atoms with Crippen LogP contribution in [0.3, 0.4) is 0 Å². The fourth-order valence-corrected chi connectivity index (χ4v) is 4.35. The first-order valence-corrected chi connectivity index (χ1v) is 9.38. The normalized spacial score (nSPS) is 17.8. The minimum absolute atomic E-state index is 0.597. The van der Waals surface area contributed by atoms with Gasteiger partial charge in [-0.1, -0.05) is 24.3 Å². The highest BCUT2D eigenvalue weighted by atomic mass is 32.1. The summed E-state index contributed by atoms with van der Waals surface area (Å²) in [6.45, 7) is 4.27. The first-order valence-electron chi connectivity index (χ1n) is 8.50. The van der Waals surface area contributed by atoms with Gasteiger partial charge in [0.05, 0.1) is 0 Å². The number of benzene rings is 1. The third-order valence-electron chi connectivity index (χ3n) is 4.88. The van der Waals surface area contributed by atoms with Crippen LogP contribution in [0.25, 0.3) is 10.9 Å². The summed E-state index contributed by atoms with van der Waals surface area (Å²) < 4.78 is 0. The molecule has 1 aromatic carbocycles.